The van der Waals surface area contributed by atoms with Crippen LogP contribution in [0.2, 0.25) is 0 Å². The SMILES string of the molecule is COc1ccc(F)cc1[C@H](Cn1c(=O)n([C@@]2(C)CCC(=O)NC2)c(=O)c2c(C)c(-n3nccn3)sc21)OCCO. The summed E-state index contributed by atoms with van der Waals surface area (Å²) in [6.45, 7) is 3.12. The molecule has 1 amide bonds. The molecule has 3 aromatic heterocycles. The third-order valence-corrected chi connectivity index (χ3v) is 8.46. The van der Waals surface area contributed by atoms with E-state index >= 15 is 0 Å². The first-order chi connectivity index (χ1) is 19.2. The number of aromatic nitrogens is 5. The molecule has 1 aliphatic rings. The van der Waals surface area contributed by atoms with Gasteiger partial charge in [-0.25, -0.2) is 9.18 Å². The Morgan fingerprint density at radius 3 is 2.65 bits per heavy atom. The molecule has 0 saturated carbocycles. The van der Waals surface area contributed by atoms with E-state index in [1.54, 1.807) is 13.8 Å². The Morgan fingerprint density at radius 1 is 1.25 bits per heavy atom. The minimum absolute atomic E-state index is 0.0858. The average molecular weight is 573 g/mol. The maximum atomic E-state index is 14.4. The monoisotopic (exact) mass is 572 g/mol. The van der Waals surface area contributed by atoms with Crippen molar-refractivity contribution < 1.29 is 23.8 Å². The zero-order valence-electron chi connectivity index (χ0n) is 22.2. The van der Waals surface area contributed by atoms with Crippen molar-refractivity contribution in [2.75, 3.05) is 26.9 Å². The molecule has 4 aromatic rings. The molecule has 0 aliphatic carbocycles. The lowest BCUT2D eigenvalue weighted by molar-refractivity contribution is -0.124. The number of hydrogen-bond donors (Lipinski definition) is 2. The maximum absolute atomic E-state index is 14.4. The molecular weight excluding hydrogens is 543 g/mol. The number of aliphatic hydroxyl groups excluding tert-OH is 1. The van der Waals surface area contributed by atoms with Gasteiger partial charge in [0, 0.05) is 24.1 Å². The first-order valence-corrected chi connectivity index (χ1v) is 13.5. The number of aliphatic hydroxyl groups is 1. The number of hydrogen-bond acceptors (Lipinski definition) is 9. The average Bonchev–Trinajstić information content (AvgIpc) is 3.58. The zero-order valence-corrected chi connectivity index (χ0v) is 23.0. The molecule has 1 aliphatic heterocycles. The van der Waals surface area contributed by atoms with E-state index in [1.165, 1.54) is 63.0 Å². The number of carbonyl (C=O) groups excluding carboxylic acids is 1. The molecule has 2 atom stereocenters. The number of halogens is 1. The summed E-state index contributed by atoms with van der Waals surface area (Å²) >= 11 is 1.17. The Labute approximate surface area is 231 Å². The van der Waals surface area contributed by atoms with Gasteiger partial charge in [-0.1, -0.05) is 11.3 Å². The van der Waals surface area contributed by atoms with Crippen LogP contribution in [0.15, 0.2) is 40.2 Å². The van der Waals surface area contributed by atoms with Crippen LogP contribution in [0.3, 0.4) is 0 Å². The first-order valence-electron chi connectivity index (χ1n) is 12.7. The summed E-state index contributed by atoms with van der Waals surface area (Å²) in [6.07, 6.45) is 2.55. The molecule has 5 rings (SSSR count). The van der Waals surface area contributed by atoms with Crippen molar-refractivity contribution in [2.24, 2.45) is 0 Å². The molecule has 1 saturated heterocycles. The van der Waals surface area contributed by atoms with Crippen molar-refractivity contribution in [1.29, 1.82) is 0 Å². The lowest BCUT2D eigenvalue weighted by Crippen LogP contribution is -2.57. The number of rotatable bonds is 9. The fraction of sp³-hybridized carbons (Fsp3) is 0.423. The number of amides is 1. The molecule has 4 heterocycles. The van der Waals surface area contributed by atoms with Gasteiger partial charge < -0.3 is 19.9 Å². The van der Waals surface area contributed by atoms with Crippen LogP contribution in [-0.2, 0) is 21.6 Å². The molecule has 1 aromatic carbocycles. The van der Waals surface area contributed by atoms with Crippen LogP contribution >= 0.6 is 11.3 Å². The fourth-order valence-corrected chi connectivity index (χ4v) is 6.30. The second-order valence-corrected chi connectivity index (χ2v) is 10.8. The van der Waals surface area contributed by atoms with Crippen LogP contribution in [0.4, 0.5) is 4.39 Å². The van der Waals surface area contributed by atoms with Crippen molar-refractivity contribution in [3.63, 3.8) is 0 Å². The highest BCUT2D eigenvalue weighted by atomic mass is 32.1. The van der Waals surface area contributed by atoms with E-state index in [0.29, 0.717) is 38.5 Å². The Bertz CT molecular complexity index is 1670. The van der Waals surface area contributed by atoms with Crippen LogP contribution in [-0.4, -0.2) is 62.0 Å². The molecule has 40 heavy (non-hydrogen) atoms. The molecule has 0 unspecified atom stereocenters. The summed E-state index contributed by atoms with van der Waals surface area (Å²) in [5.41, 5.74) is -1.16. The zero-order chi connectivity index (χ0) is 28.6. The largest absolute Gasteiger partial charge is 0.496 e. The molecular formula is C26H29FN6O6S. The van der Waals surface area contributed by atoms with Crippen LogP contribution < -0.4 is 21.3 Å². The number of nitrogens with one attached hydrogen (secondary N) is 1. The summed E-state index contributed by atoms with van der Waals surface area (Å²) in [7, 11) is 1.44. The molecule has 14 heteroatoms. The Hall–Kier alpha value is -3.88. The summed E-state index contributed by atoms with van der Waals surface area (Å²) in [5, 5.41) is 21.5. The van der Waals surface area contributed by atoms with E-state index in [1.807, 2.05) is 0 Å². The molecule has 2 N–H and O–H groups in total. The number of piperidine rings is 1. The molecule has 0 radical (unpaired) electrons. The minimum atomic E-state index is -0.992. The molecule has 0 spiro atoms. The summed E-state index contributed by atoms with van der Waals surface area (Å²) in [5.74, 6) is -0.339. The maximum Gasteiger partial charge on any atom is 0.332 e. The highest BCUT2D eigenvalue weighted by molar-refractivity contribution is 7.21. The van der Waals surface area contributed by atoms with Gasteiger partial charge in [-0.3, -0.25) is 18.7 Å². The van der Waals surface area contributed by atoms with Crippen LogP contribution in [0.5, 0.6) is 5.75 Å². The smallest absolute Gasteiger partial charge is 0.332 e. The van der Waals surface area contributed by atoms with Gasteiger partial charge >= 0.3 is 5.69 Å². The Kier molecular flexibility index (Phi) is 7.57. The first kappa shape index (κ1) is 27.7. The van der Waals surface area contributed by atoms with E-state index in [2.05, 4.69) is 15.5 Å². The Balaban J connectivity index is 1.77. The predicted molar refractivity (Wildman–Crippen MR) is 145 cm³/mol. The number of ether oxygens (including phenoxy) is 2. The number of nitrogens with zero attached hydrogens (tertiary/aromatic N) is 5. The molecule has 0 bridgehead atoms. The predicted octanol–water partition coefficient (Wildman–Crippen LogP) is 1.64. The summed E-state index contributed by atoms with van der Waals surface area (Å²) in [6, 6.07) is 3.97. The number of aryl methyl sites for hydroxylation is 1. The molecule has 1 fully saturated rings. The fourth-order valence-electron chi connectivity index (χ4n) is 5.08. The van der Waals surface area contributed by atoms with Crippen molar-refractivity contribution in [3.05, 3.63) is 68.4 Å². The van der Waals surface area contributed by atoms with Crippen LogP contribution in [0, 0.1) is 12.7 Å². The topological polar surface area (TPSA) is 142 Å². The summed E-state index contributed by atoms with van der Waals surface area (Å²) < 4.78 is 28.4. The standard InChI is InChI=1S/C26H29FN6O6S/c1-15-21-22(36)32(26(2)7-6-20(35)28-14-26)25(37)31(24(21)40-23(15)33-29-8-9-30-33)13-19(39-11-10-34)17-12-16(27)4-5-18(17)38-3/h4-5,8-9,12,19,34H,6-7,10-11,13-14H2,1-3H3,(H,28,35)/t19-,26-/m0/s1. The lowest BCUT2D eigenvalue weighted by Gasteiger charge is -2.35. The van der Waals surface area contributed by atoms with Gasteiger partial charge in [-0.05, 0) is 38.5 Å². The van der Waals surface area contributed by atoms with Crippen molar-refractivity contribution in [2.45, 2.75) is 44.9 Å². The van der Waals surface area contributed by atoms with Crippen molar-refractivity contribution >= 4 is 27.5 Å². The van der Waals surface area contributed by atoms with Crippen LogP contribution in [0.1, 0.15) is 37.0 Å². The highest BCUT2D eigenvalue weighted by Gasteiger charge is 2.37. The quantitative estimate of drug-likeness (QED) is 0.308. The Morgan fingerprint density at radius 2 is 2.00 bits per heavy atom. The highest BCUT2D eigenvalue weighted by Crippen LogP contribution is 2.34. The summed E-state index contributed by atoms with van der Waals surface area (Å²) in [4.78, 5) is 41.9. The van der Waals surface area contributed by atoms with E-state index in [4.69, 9.17) is 9.47 Å². The van der Waals surface area contributed by atoms with Gasteiger partial charge in [0.25, 0.3) is 5.56 Å². The number of carbonyl (C=O) groups is 1. The van der Waals surface area contributed by atoms with E-state index in [-0.39, 0.29) is 38.6 Å². The van der Waals surface area contributed by atoms with Crippen molar-refractivity contribution in [1.82, 2.24) is 29.4 Å². The second kappa shape index (κ2) is 10.9. The molecule has 12 nitrogen and oxygen atoms in total. The van der Waals surface area contributed by atoms with Gasteiger partial charge in [0.05, 0.1) is 50.2 Å². The number of benzene rings is 1. The van der Waals surface area contributed by atoms with Gasteiger partial charge in [-0.2, -0.15) is 10.2 Å². The third kappa shape index (κ3) is 4.82. The van der Waals surface area contributed by atoms with E-state index in [9.17, 15) is 23.9 Å². The second-order valence-electron chi connectivity index (χ2n) is 9.81. The van der Waals surface area contributed by atoms with Gasteiger partial charge in [0.2, 0.25) is 5.91 Å². The number of methoxy groups -OCH3 is 1. The lowest BCUT2D eigenvalue weighted by atomic mass is 9.91. The third-order valence-electron chi connectivity index (χ3n) is 7.18. The van der Waals surface area contributed by atoms with Crippen LogP contribution in [0.25, 0.3) is 15.2 Å². The van der Waals surface area contributed by atoms with E-state index in [0.717, 1.165) is 0 Å². The number of thiophene rings is 1. The minimum Gasteiger partial charge on any atom is -0.496 e. The van der Waals surface area contributed by atoms with E-state index < -0.39 is 28.7 Å². The number of fused-ring (bicyclic) bond motifs is 1. The van der Waals surface area contributed by atoms with Gasteiger partial charge in [0.1, 0.15) is 27.5 Å². The van der Waals surface area contributed by atoms with Gasteiger partial charge in [-0.15, -0.1) is 4.80 Å². The van der Waals surface area contributed by atoms with Crippen molar-refractivity contribution in [3.8, 4) is 10.8 Å². The normalized spacial score (nSPS) is 18.2. The molecule has 212 valence electrons. The van der Waals surface area contributed by atoms with Gasteiger partial charge in [0.15, 0.2) is 0 Å².